The molecule has 1 heterocycles. The van der Waals surface area contributed by atoms with Crippen LogP contribution >= 0.6 is 0 Å². The molecule has 2 rings (SSSR count). The van der Waals surface area contributed by atoms with E-state index in [2.05, 4.69) is 22.9 Å². The van der Waals surface area contributed by atoms with E-state index < -0.39 is 0 Å². The van der Waals surface area contributed by atoms with Crippen LogP contribution in [0, 0.1) is 11.3 Å². The predicted octanol–water partition coefficient (Wildman–Crippen LogP) is 1.06. The molecule has 1 aromatic carbocycles. The first-order chi connectivity index (χ1) is 8.74. The number of aliphatic hydroxyl groups excluding tert-OH is 1. The molecule has 1 saturated heterocycles. The van der Waals surface area contributed by atoms with Crippen molar-refractivity contribution in [2.24, 2.45) is 0 Å². The zero-order chi connectivity index (χ0) is 13.0. The quantitative estimate of drug-likeness (QED) is 0.862. The van der Waals surface area contributed by atoms with Crippen LogP contribution < -0.4 is 4.90 Å². The van der Waals surface area contributed by atoms with Gasteiger partial charge < -0.3 is 10.0 Å². The summed E-state index contributed by atoms with van der Waals surface area (Å²) in [5.74, 6) is 0. The highest BCUT2D eigenvalue weighted by molar-refractivity contribution is 5.50. The molecular formula is C14H19N3O. The van der Waals surface area contributed by atoms with Gasteiger partial charge in [-0.1, -0.05) is 0 Å². The molecule has 4 heteroatoms. The van der Waals surface area contributed by atoms with Crippen LogP contribution in [0.2, 0.25) is 0 Å². The number of anilines is 1. The Morgan fingerprint density at radius 3 is 2.78 bits per heavy atom. The summed E-state index contributed by atoms with van der Waals surface area (Å²) in [7, 11) is 2.06. The van der Waals surface area contributed by atoms with Gasteiger partial charge >= 0.3 is 0 Å². The van der Waals surface area contributed by atoms with Crippen LogP contribution in [0.25, 0.3) is 0 Å². The third kappa shape index (κ3) is 2.81. The fraction of sp³-hybridized carbons (Fsp3) is 0.500. The van der Waals surface area contributed by atoms with Crippen molar-refractivity contribution in [3.8, 4) is 6.07 Å². The summed E-state index contributed by atoms with van der Waals surface area (Å²) in [6.07, 6.45) is 1.12. The Kier molecular flexibility index (Phi) is 4.19. The van der Waals surface area contributed by atoms with Gasteiger partial charge in [0.15, 0.2) is 0 Å². The molecule has 1 aliphatic heterocycles. The van der Waals surface area contributed by atoms with Crippen molar-refractivity contribution in [3.63, 3.8) is 0 Å². The van der Waals surface area contributed by atoms with E-state index in [0.29, 0.717) is 11.6 Å². The van der Waals surface area contributed by atoms with E-state index in [-0.39, 0.29) is 6.61 Å². The number of hydrogen-bond acceptors (Lipinski definition) is 4. The molecule has 1 aliphatic rings. The van der Waals surface area contributed by atoms with Gasteiger partial charge in [0.05, 0.1) is 18.2 Å². The predicted molar refractivity (Wildman–Crippen MR) is 71.5 cm³/mol. The Morgan fingerprint density at radius 1 is 1.44 bits per heavy atom. The fourth-order valence-electron chi connectivity index (χ4n) is 2.42. The van der Waals surface area contributed by atoms with Crippen molar-refractivity contribution >= 4 is 5.69 Å². The number of likely N-dealkylation sites (N-methyl/N-ethyl adjacent to an activating group) is 1. The normalized spacial score (nSPS) is 19.2. The topological polar surface area (TPSA) is 50.5 Å². The molecule has 0 aromatic heterocycles. The maximum atomic E-state index is 8.95. The largest absolute Gasteiger partial charge is 0.395 e. The van der Waals surface area contributed by atoms with Crippen molar-refractivity contribution in [3.05, 3.63) is 29.8 Å². The smallest absolute Gasteiger partial charge is 0.0991 e. The second kappa shape index (κ2) is 5.85. The van der Waals surface area contributed by atoms with Crippen LogP contribution in [-0.2, 0) is 0 Å². The lowest BCUT2D eigenvalue weighted by Gasteiger charge is -2.24. The molecule has 0 spiro atoms. The minimum atomic E-state index is 0.212. The maximum Gasteiger partial charge on any atom is 0.0991 e. The highest BCUT2D eigenvalue weighted by Crippen LogP contribution is 2.22. The number of hydrogen-bond donors (Lipinski definition) is 1. The molecule has 1 fully saturated rings. The summed E-state index contributed by atoms with van der Waals surface area (Å²) in [4.78, 5) is 4.54. The molecule has 0 bridgehead atoms. The lowest BCUT2D eigenvalue weighted by molar-refractivity contribution is 0.188. The zero-order valence-electron chi connectivity index (χ0n) is 10.7. The van der Waals surface area contributed by atoms with Crippen LogP contribution in [0.4, 0.5) is 5.69 Å². The number of benzene rings is 1. The number of nitriles is 1. The van der Waals surface area contributed by atoms with Gasteiger partial charge in [-0.25, -0.2) is 0 Å². The fourth-order valence-corrected chi connectivity index (χ4v) is 2.42. The van der Waals surface area contributed by atoms with E-state index in [0.717, 1.165) is 26.1 Å². The van der Waals surface area contributed by atoms with E-state index in [1.807, 2.05) is 24.3 Å². The average Bonchev–Trinajstić information content (AvgIpc) is 2.89. The van der Waals surface area contributed by atoms with Crippen LogP contribution in [0.15, 0.2) is 24.3 Å². The van der Waals surface area contributed by atoms with Gasteiger partial charge in [0.1, 0.15) is 0 Å². The standard InChI is InChI=1S/C14H19N3O/c1-16(8-9-18)14-6-7-17(11-14)13-4-2-12(10-15)3-5-13/h2-5,14,18H,6-9,11H2,1H3. The molecule has 0 aliphatic carbocycles. The lowest BCUT2D eigenvalue weighted by Crippen LogP contribution is -2.36. The highest BCUT2D eigenvalue weighted by atomic mass is 16.3. The average molecular weight is 245 g/mol. The monoisotopic (exact) mass is 245 g/mol. The van der Waals surface area contributed by atoms with Crippen molar-refractivity contribution in [1.29, 1.82) is 5.26 Å². The molecule has 18 heavy (non-hydrogen) atoms. The first-order valence-electron chi connectivity index (χ1n) is 6.31. The Labute approximate surface area is 108 Å². The minimum absolute atomic E-state index is 0.212. The molecule has 0 amide bonds. The number of nitrogens with zero attached hydrogens (tertiary/aromatic N) is 3. The van der Waals surface area contributed by atoms with Gasteiger partial charge in [0, 0.05) is 31.4 Å². The SMILES string of the molecule is CN(CCO)C1CCN(c2ccc(C#N)cc2)C1. The summed E-state index contributed by atoms with van der Waals surface area (Å²) in [6.45, 7) is 2.96. The molecule has 1 atom stereocenters. The van der Waals surface area contributed by atoms with E-state index >= 15 is 0 Å². The van der Waals surface area contributed by atoms with Gasteiger partial charge in [-0.2, -0.15) is 5.26 Å². The summed E-state index contributed by atoms with van der Waals surface area (Å²) < 4.78 is 0. The van der Waals surface area contributed by atoms with Gasteiger partial charge in [-0.05, 0) is 37.7 Å². The van der Waals surface area contributed by atoms with Gasteiger partial charge in [0.2, 0.25) is 0 Å². The maximum absolute atomic E-state index is 8.95. The van der Waals surface area contributed by atoms with Crippen LogP contribution in [0.3, 0.4) is 0 Å². The van der Waals surface area contributed by atoms with Crippen LogP contribution in [0.1, 0.15) is 12.0 Å². The molecule has 4 nitrogen and oxygen atoms in total. The zero-order valence-corrected chi connectivity index (χ0v) is 10.7. The van der Waals surface area contributed by atoms with E-state index in [4.69, 9.17) is 10.4 Å². The van der Waals surface area contributed by atoms with E-state index in [9.17, 15) is 0 Å². The lowest BCUT2D eigenvalue weighted by atomic mass is 10.2. The van der Waals surface area contributed by atoms with Gasteiger partial charge in [-0.3, -0.25) is 4.90 Å². The molecule has 1 N–H and O–H groups in total. The summed E-state index contributed by atoms with van der Waals surface area (Å²) in [6, 6.07) is 10.4. The van der Waals surface area contributed by atoms with Crippen molar-refractivity contribution in [1.82, 2.24) is 4.90 Å². The van der Waals surface area contributed by atoms with Gasteiger partial charge in [-0.15, -0.1) is 0 Å². The Bertz CT molecular complexity index is 424. The summed E-state index contributed by atoms with van der Waals surface area (Å²) in [5, 5.41) is 17.7. The van der Waals surface area contributed by atoms with E-state index in [1.165, 1.54) is 5.69 Å². The molecule has 0 saturated carbocycles. The molecule has 1 unspecified atom stereocenters. The molecule has 0 radical (unpaired) electrons. The molecule has 1 aromatic rings. The van der Waals surface area contributed by atoms with Crippen molar-refractivity contribution in [2.45, 2.75) is 12.5 Å². The number of rotatable bonds is 4. The van der Waals surface area contributed by atoms with Crippen LogP contribution in [-0.4, -0.2) is 49.3 Å². The molecule has 96 valence electrons. The van der Waals surface area contributed by atoms with Crippen LogP contribution in [0.5, 0.6) is 0 Å². The number of aliphatic hydroxyl groups is 1. The Balaban J connectivity index is 1.97. The van der Waals surface area contributed by atoms with Gasteiger partial charge in [0.25, 0.3) is 0 Å². The molecular weight excluding hydrogens is 226 g/mol. The minimum Gasteiger partial charge on any atom is -0.395 e. The van der Waals surface area contributed by atoms with Crippen molar-refractivity contribution in [2.75, 3.05) is 38.2 Å². The Morgan fingerprint density at radius 2 is 2.17 bits per heavy atom. The summed E-state index contributed by atoms with van der Waals surface area (Å²) >= 11 is 0. The third-order valence-corrected chi connectivity index (χ3v) is 3.60. The van der Waals surface area contributed by atoms with E-state index in [1.54, 1.807) is 0 Å². The first-order valence-corrected chi connectivity index (χ1v) is 6.31. The first kappa shape index (κ1) is 12.9. The third-order valence-electron chi connectivity index (χ3n) is 3.60. The second-order valence-electron chi connectivity index (χ2n) is 4.75. The summed E-state index contributed by atoms with van der Waals surface area (Å²) in [5.41, 5.74) is 1.88. The highest BCUT2D eigenvalue weighted by Gasteiger charge is 2.25. The van der Waals surface area contributed by atoms with Crippen molar-refractivity contribution < 1.29 is 5.11 Å². The second-order valence-corrected chi connectivity index (χ2v) is 4.75. The Hall–Kier alpha value is -1.57.